The molecule has 0 saturated carbocycles. The van der Waals surface area contributed by atoms with E-state index >= 15 is 0 Å². The third-order valence-electron chi connectivity index (χ3n) is 2.73. The highest BCUT2D eigenvalue weighted by Crippen LogP contribution is 2.12. The number of hydrogen-bond donors (Lipinski definition) is 2. The van der Waals surface area contributed by atoms with Crippen LogP contribution in [0.2, 0.25) is 0 Å². The summed E-state index contributed by atoms with van der Waals surface area (Å²) in [5.41, 5.74) is 5.60. The Balaban J connectivity index is 2.55. The molecule has 3 N–H and O–H groups in total. The number of nitrogens with two attached hydrogens (primary N) is 1. The molecular weight excluding hydrogens is 248 g/mol. The van der Waals surface area contributed by atoms with Crippen molar-refractivity contribution in [3.63, 3.8) is 0 Å². The number of thiocarbonyl (C=S) groups is 1. The average Bonchev–Trinajstić information content (AvgIpc) is 2.67. The Morgan fingerprint density at radius 2 is 2.17 bits per heavy atom. The fourth-order valence-electron chi connectivity index (χ4n) is 1.87. The first kappa shape index (κ1) is 14.7. The standard InChI is InChI=1S/C13H20N2O2S/c1-8(2)11(12(14)18)13(16)15-9(3)7-10-5-4-6-17-10/h4-6,8-9,11H,7H2,1-3H3,(H2,14,18)(H,15,16). The SMILES string of the molecule is CC(Cc1ccco1)NC(=O)C(C(N)=S)C(C)C. The van der Waals surface area contributed by atoms with Gasteiger partial charge in [0.25, 0.3) is 0 Å². The molecule has 1 rings (SSSR count). The van der Waals surface area contributed by atoms with Crippen LogP contribution in [0.5, 0.6) is 0 Å². The zero-order valence-corrected chi connectivity index (χ0v) is 11.8. The van der Waals surface area contributed by atoms with Gasteiger partial charge >= 0.3 is 0 Å². The summed E-state index contributed by atoms with van der Waals surface area (Å²) in [6.45, 7) is 5.79. The fourth-order valence-corrected chi connectivity index (χ4v) is 2.25. The van der Waals surface area contributed by atoms with Crippen molar-refractivity contribution in [1.29, 1.82) is 0 Å². The molecule has 1 aromatic rings. The van der Waals surface area contributed by atoms with E-state index in [1.807, 2.05) is 32.9 Å². The summed E-state index contributed by atoms with van der Waals surface area (Å²) in [7, 11) is 0. The van der Waals surface area contributed by atoms with E-state index in [-0.39, 0.29) is 22.9 Å². The molecule has 0 aliphatic rings. The molecule has 0 fully saturated rings. The van der Waals surface area contributed by atoms with Gasteiger partial charge in [0.15, 0.2) is 0 Å². The summed E-state index contributed by atoms with van der Waals surface area (Å²) in [4.78, 5) is 12.3. The highest BCUT2D eigenvalue weighted by atomic mass is 32.1. The van der Waals surface area contributed by atoms with Crippen molar-refractivity contribution in [2.45, 2.75) is 33.2 Å². The second-order valence-electron chi connectivity index (χ2n) is 4.82. The lowest BCUT2D eigenvalue weighted by Gasteiger charge is -2.21. The van der Waals surface area contributed by atoms with Gasteiger partial charge in [-0.15, -0.1) is 0 Å². The number of carbonyl (C=O) groups is 1. The van der Waals surface area contributed by atoms with Gasteiger partial charge < -0.3 is 15.5 Å². The fraction of sp³-hybridized carbons (Fsp3) is 0.538. The summed E-state index contributed by atoms with van der Waals surface area (Å²) in [6.07, 6.45) is 2.27. The quantitative estimate of drug-likeness (QED) is 0.773. The predicted octanol–water partition coefficient (Wildman–Crippen LogP) is 1.89. The van der Waals surface area contributed by atoms with Gasteiger partial charge in [0.2, 0.25) is 5.91 Å². The van der Waals surface area contributed by atoms with E-state index in [1.165, 1.54) is 0 Å². The van der Waals surface area contributed by atoms with Crippen molar-refractivity contribution < 1.29 is 9.21 Å². The number of hydrogen-bond acceptors (Lipinski definition) is 3. The molecular formula is C13H20N2O2S. The number of furan rings is 1. The maximum Gasteiger partial charge on any atom is 0.230 e. The highest BCUT2D eigenvalue weighted by Gasteiger charge is 2.26. The maximum atomic E-state index is 12.1. The van der Waals surface area contributed by atoms with E-state index in [4.69, 9.17) is 22.4 Å². The molecule has 0 spiro atoms. The van der Waals surface area contributed by atoms with Crippen LogP contribution in [0, 0.1) is 11.8 Å². The summed E-state index contributed by atoms with van der Waals surface area (Å²) >= 11 is 4.94. The monoisotopic (exact) mass is 268 g/mol. The van der Waals surface area contributed by atoms with Crippen LogP contribution in [0.4, 0.5) is 0 Å². The van der Waals surface area contributed by atoms with E-state index in [2.05, 4.69) is 5.32 Å². The normalized spacial score (nSPS) is 14.2. The molecule has 2 atom stereocenters. The van der Waals surface area contributed by atoms with Gasteiger partial charge in [-0.1, -0.05) is 26.1 Å². The zero-order chi connectivity index (χ0) is 13.7. The highest BCUT2D eigenvalue weighted by molar-refractivity contribution is 7.80. The number of nitrogens with one attached hydrogen (secondary N) is 1. The molecule has 1 aromatic heterocycles. The first-order valence-electron chi connectivity index (χ1n) is 6.04. The average molecular weight is 268 g/mol. The second kappa shape index (κ2) is 6.54. The van der Waals surface area contributed by atoms with E-state index in [0.717, 1.165) is 5.76 Å². The molecule has 4 nitrogen and oxygen atoms in total. The van der Waals surface area contributed by atoms with Crippen LogP contribution in [0.3, 0.4) is 0 Å². The smallest absolute Gasteiger partial charge is 0.230 e. The molecule has 0 saturated heterocycles. The van der Waals surface area contributed by atoms with Crippen molar-refractivity contribution in [1.82, 2.24) is 5.32 Å². The van der Waals surface area contributed by atoms with Gasteiger partial charge in [0.1, 0.15) is 5.76 Å². The molecule has 5 heteroatoms. The predicted molar refractivity (Wildman–Crippen MR) is 75.1 cm³/mol. The minimum Gasteiger partial charge on any atom is -0.469 e. The Morgan fingerprint density at radius 3 is 2.61 bits per heavy atom. The molecule has 100 valence electrons. The van der Waals surface area contributed by atoms with Gasteiger partial charge in [0, 0.05) is 12.5 Å². The Labute approximate surface area is 113 Å². The molecule has 2 unspecified atom stereocenters. The Bertz CT molecular complexity index is 401. The molecule has 0 radical (unpaired) electrons. The summed E-state index contributed by atoms with van der Waals surface area (Å²) < 4.78 is 5.24. The molecule has 0 aromatic carbocycles. The Morgan fingerprint density at radius 1 is 1.50 bits per heavy atom. The van der Waals surface area contributed by atoms with Crippen LogP contribution < -0.4 is 11.1 Å². The van der Waals surface area contributed by atoms with Gasteiger partial charge in [-0.05, 0) is 25.0 Å². The third-order valence-corrected chi connectivity index (χ3v) is 2.99. The minimum atomic E-state index is -0.418. The Hall–Kier alpha value is -1.36. The number of rotatable bonds is 6. The van der Waals surface area contributed by atoms with Crippen LogP contribution in [0.1, 0.15) is 26.5 Å². The Kier molecular flexibility index (Phi) is 5.34. The zero-order valence-electron chi connectivity index (χ0n) is 11.0. The summed E-state index contributed by atoms with van der Waals surface area (Å²) in [5, 5.41) is 2.91. The topological polar surface area (TPSA) is 68.3 Å². The van der Waals surface area contributed by atoms with E-state index in [0.29, 0.717) is 6.42 Å². The van der Waals surface area contributed by atoms with Crippen LogP contribution in [0.25, 0.3) is 0 Å². The van der Waals surface area contributed by atoms with Crippen LogP contribution in [-0.4, -0.2) is 16.9 Å². The van der Waals surface area contributed by atoms with Crippen LogP contribution in [0.15, 0.2) is 22.8 Å². The molecule has 18 heavy (non-hydrogen) atoms. The van der Waals surface area contributed by atoms with Crippen molar-refractivity contribution in [2.24, 2.45) is 17.6 Å². The molecule has 0 aliphatic carbocycles. The van der Waals surface area contributed by atoms with Gasteiger partial charge in [0.05, 0.1) is 17.2 Å². The first-order chi connectivity index (χ1) is 8.41. The lowest BCUT2D eigenvalue weighted by molar-refractivity contribution is -0.124. The summed E-state index contributed by atoms with van der Waals surface area (Å²) in [5.74, 6) is 0.410. The van der Waals surface area contributed by atoms with Gasteiger partial charge in [-0.25, -0.2) is 0 Å². The van der Waals surface area contributed by atoms with E-state index < -0.39 is 5.92 Å². The summed E-state index contributed by atoms with van der Waals surface area (Å²) in [6, 6.07) is 3.70. The lowest BCUT2D eigenvalue weighted by Crippen LogP contribution is -2.44. The molecule has 1 heterocycles. The number of amides is 1. The maximum absolute atomic E-state index is 12.1. The molecule has 0 bridgehead atoms. The van der Waals surface area contributed by atoms with Gasteiger partial charge in [-0.3, -0.25) is 4.79 Å². The van der Waals surface area contributed by atoms with Crippen molar-refractivity contribution >= 4 is 23.1 Å². The van der Waals surface area contributed by atoms with E-state index in [1.54, 1.807) is 6.26 Å². The van der Waals surface area contributed by atoms with Crippen molar-refractivity contribution in [3.05, 3.63) is 24.2 Å². The van der Waals surface area contributed by atoms with Crippen molar-refractivity contribution in [2.75, 3.05) is 0 Å². The third kappa shape index (κ3) is 4.14. The minimum absolute atomic E-state index is 0.0146. The van der Waals surface area contributed by atoms with Crippen LogP contribution >= 0.6 is 12.2 Å². The van der Waals surface area contributed by atoms with Crippen molar-refractivity contribution in [3.8, 4) is 0 Å². The van der Waals surface area contributed by atoms with E-state index in [9.17, 15) is 4.79 Å². The second-order valence-corrected chi connectivity index (χ2v) is 5.29. The lowest BCUT2D eigenvalue weighted by atomic mass is 9.94. The molecule has 1 amide bonds. The number of carbonyl (C=O) groups excluding carboxylic acids is 1. The van der Waals surface area contributed by atoms with Gasteiger partial charge in [-0.2, -0.15) is 0 Å². The first-order valence-corrected chi connectivity index (χ1v) is 6.44. The van der Waals surface area contributed by atoms with Crippen LogP contribution in [-0.2, 0) is 11.2 Å². The molecule has 0 aliphatic heterocycles. The largest absolute Gasteiger partial charge is 0.469 e.